The molecule has 2 aromatic carbocycles. The third kappa shape index (κ3) is 4.03. The average molecular weight is 374 g/mol. The summed E-state index contributed by atoms with van der Waals surface area (Å²) in [7, 11) is 0. The van der Waals surface area contributed by atoms with Crippen LogP contribution in [0, 0.1) is 5.82 Å². The van der Waals surface area contributed by atoms with Crippen LogP contribution in [-0.4, -0.2) is 15.9 Å². The summed E-state index contributed by atoms with van der Waals surface area (Å²) < 4.78 is 20.7. The molecule has 0 atom stereocenters. The van der Waals surface area contributed by atoms with E-state index in [2.05, 4.69) is 10.4 Å². The molecule has 1 N–H and O–H groups in total. The van der Waals surface area contributed by atoms with Gasteiger partial charge in [-0.3, -0.25) is 5.32 Å². The molecule has 7 heteroatoms. The molecule has 0 aliphatic rings. The van der Waals surface area contributed by atoms with Gasteiger partial charge < -0.3 is 4.74 Å². The van der Waals surface area contributed by atoms with Gasteiger partial charge in [0, 0.05) is 5.02 Å². The number of halogens is 2. The molecule has 0 aliphatic heterocycles. The van der Waals surface area contributed by atoms with Crippen LogP contribution in [0.1, 0.15) is 19.0 Å². The van der Waals surface area contributed by atoms with Crippen LogP contribution < -0.4 is 10.1 Å². The van der Waals surface area contributed by atoms with Crippen LogP contribution in [-0.2, 0) is 6.42 Å². The van der Waals surface area contributed by atoms with Crippen LogP contribution >= 0.6 is 11.6 Å². The van der Waals surface area contributed by atoms with Crippen molar-refractivity contribution in [2.24, 2.45) is 0 Å². The fraction of sp³-hybridized carbons (Fsp3) is 0.158. The molecule has 0 bridgehead atoms. The van der Waals surface area contributed by atoms with Crippen molar-refractivity contribution < 1.29 is 13.9 Å². The highest BCUT2D eigenvalue weighted by Gasteiger charge is 2.17. The number of rotatable bonds is 5. The lowest BCUT2D eigenvalue weighted by molar-refractivity contribution is 0.214. The maximum absolute atomic E-state index is 13.6. The number of hydrogen-bond donors (Lipinski definition) is 1. The number of ether oxygens (including phenoxy) is 1. The van der Waals surface area contributed by atoms with Gasteiger partial charge in [-0.2, -0.15) is 5.10 Å². The van der Waals surface area contributed by atoms with Gasteiger partial charge in [-0.15, -0.1) is 0 Å². The third-order valence-corrected chi connectivity index (χ3v) is 3.95. The molecular formula is C19H17ClFN3O2. The summed E-state index contributed by atoms with van der Waals surface area (Å²) in [6.07, 6.45) is 2.19. The van der Waals surface area contributed by atoms with E-state index in [0.717, 1.165) is 17.8 Å². The van der Waals surface area contributed by atoms with Gasteiger partial charge in [0.05, 0.1) is 23.3 Å². The van der Waals surface area contributed by atoms with Gasteiger partial charge in [0.1, 0.15) is 5.82 Å². The smallest absolute Gasteiger partial charge is 0.406 e. The number of carbonyl (C=O) groups is 1. The number of anilines is 1. The lowest BCUT2D eigenvalue weighted by Crippen LogP contribution is -2.18. The van der Waals surface area contributed by atoms with Crippen LogP contribution in [0.5, 0.6) is 5.75 Å². The fourth-order valence-electron chi connectivity index (χ4n) is 2.51. The van der Waals surface area contributed by atoms with Gasteiger partial charge in [0.25, 0.3) is 0 Å². The molecule has 134 valence electrons. The van der Waals surface area contributed by atoms with Crippen molar-refractivity contribution in [2.45, 2.75) is 19.8 Å². The zero-order valence-electron chi connectivity index (χ0n) is 14.1. The number of para-hydroxylation sites is 1. The molecule has 0 saturated carbocycles. The van der Waals surface area contributed by atoms with Crippen molar-refractivity contribution in [3.05, 3.63) is 71.3 Å². The predicted octanol–water partition coefficient (Wildman–Crippen LogP) is 5.23. The number of nitrogens with one attached hydrogen (secondary N) is 1. The van der Waals surface area contributed by atoms with Crippen LogP contribution in [0.2, 0.25) is 5.02 Å². The minimum absolute atomic E-state index is 0.0552. The minimum atomic E-state index is -0.775. The Labute approximate surface area is 155 Å². The first kappa shape index (κ1) is 17.9. The molecule has 0 unspecified atom stereocenters. The highest BCUT2D eigenvalue weighted by Crippen LogP contribution is 2.25. The summed E-state index contributed by atoms with van der Waals surface area (Å²) in [5.41, 5.74) is 1.61. The van der Waals surface area contributed by atoms with E-state index in [-0.39, 0.29) is 5.69 Å². The summed E-state index contributed by atoms with van der Waals surface area (Å²) >= 11 is 5.93. The summed E-state index contributed by atoms with van der Waals surface area (Å²) in [5, 5.41) is 7.32. The predicted molar refractivity (Wildman–Crippen MR) is 98.6 cm³/mol. The fourth-order valence-corrected chi connectivity index (χ4v) is 2.64. The second kappa shape index (κ2) is 8.01. The van der Waals surface area contributed by atoms with E-state index in [1.807, 2.05) is 19.1 Å². The first-order valence-corrected chi connectivity index (χ1v) is 8.52. The summed E-state index contributed by atoms with van der Waals surface area (Å²) in [4.78, 5) is 12.1. The Kier molecular flexibility index (Phi) is 5.53. The van der Waals surface area contributed by atoms with Crippen LogP contribution in [0.3, 0.4) is 0 Å². The maximum Gasteiger partial charge on any atom is 0.417 e. The topological polar surface area (TPSA) is 56.1 Å². The van der Waals surface area contributed by atoms with Crippen molar-refractivity contribution in [3.8, 4) is 11.4 Å². The molecule has 0 fully saturated rings. The van der Waals surface area contributed by atoms with Crippen LogP contribution in [0.15, 0.2) is 54.7 Å². The van der Waals surface area contributed by atoms with Crippen molar-refractivity contribution in [2.75, 3.05) is 5.32 Å². The Bertz CT molecular complexity index is 909. The molecule has 0 aliphatic carbocycles. The quantitative estimate of drug-likeness (QED) is 0.666. The van der Waals surface area contributed by atoms with Crippen molar-refractivity contribution in [3.63, 3.8) is 0 Å². The van der Waals surface area contributed by atoms with E-state index in [9.17, 15) is 9.18 Å². The monoisotopic (exact) mass is 373 g/mol. The Hall–Kier alpha value is -2.86. The van der Waals surface area contributed by atoms with Crippen LogP contribution in [0.25, 0.3) is 5.69 Å². The van der Waals surface area contributed by atoms with Gasteiger partial charge >= 0.3 is 6.09 Å². The highest BCUT2D eigenvalue weighted by molar-refractivity contribution is 6.30. The number of aromatic nitrogens is 2. The highest BCUT2D eigenvalue weighted by atomic mass is 35.5. The average Bonchev–Trinajstić information content (AvgIpc) is 3.00. The van der Waals surface area contributed by atoms with Crippen molar-refractivity contribution >= 4 is 23.4 Å². The molecular weight excluding hydrogens is 357 g/mol. The molecule has 3 aromatic rings. The Balaban J connectivity index is 1.82. The third-order valence-electron chi connectivity index (χ3n) is 3.70. The van der Waals surface area contributed by atoms with Crippen molar-refractivity contribution in [1.29, 1.82) is 0 Å². The standard InChI is InChI=1S/C19H17ClFN3O2/c1-2-5-17-18(12-22-24(17)14-10-8-13(20)9-11-14)26-19(25)23-16-7-4-3-6-15(16)21/h3-4,6-12H,2,5H2,1H3,(H,23,25). The van der Waals surface area contributed by atoms with Gasteiger partial charge in [-0.25, -0.2) is 13.9 Å². The van der Waals surface area contributed by atoms with E-state index in [1.54, 1.807) is 28.9 Å². The first-order valence-electron chi connectivity index (χ1n) is 8.14. The number of benzene rings is 2. The minimum Gasteiger partial charge on any atom is -0.406 e. The number of amides is 1. The number of nitrogens with zero attached hydrogens (tertiary/aromatic N) is 2. The van der Waals surface area contributed by atoms with Gasteiger partial charge in [0.15, 0.2) is 5.75 Å². The summed E-state index contributed by atoms with van der Waals surface area (Å²) in [6, 6.07) is 13.1. The Morgan fingerprint density at radius 3 is 2.65 bits per heavy atom. The van der Waals surface area contributed by atoms with Gasteiger partial charge in [0.2, 0.25) is 0 Å². The van der Waals surface area contributed by atoms with Gasteiger partial charge in [-0.05, 0) is 42.8 Å². The van der Waals surface area contributed by atoms with Crippen LogP contribution in [0.4, 0.5) is 14.9 Å². The molecule has 1 aromatic heterocycles. The molecule has 26 heavy (non-hydrogen) atoms. The van der Waals surface area contributed by atoms with E-state index < -0.39 is 11.9 Å². The Morgan fingerprint density at radius 1 is 1.23 bits per heavy atom. The first-order chi connectivity index (χ1) is 12.6. The zero-order valence-corrected chi connectivity index (χ0v) is 14.8. The number of carbonyl (C=O) groups excluding carboxylic acids is 1. The second-order valence-electron chi connectivity index (χ2n) is 5.59. The largest absolute Gasteiger partial charge is 0.417 e. The molecule has 0 radical (unpaired) electrons. The van der Waals surface area contributed by atoms with E-state index in [0.29, 0.717) is 17.2 Å². The molecule has 3 rings (SSSR count). The zero-order chi connectivity index (χ0) is 18.5. The Morgan fingerprint density at radius 2 is 1.96 bits per heavy atom. The SMILES string of the molecule is CCCc1c(OC(=O)Nc2ccccc2F)cnn1-c1ccc(Cl)cc1. The van der Waals surface area contributed by atoms with E-state index >= 15 is 0 Å². The lowest BCUT2D eigenvalue weighted by Gasteiger charge is -2.10. The second-order valence-corrected chi connectivity index (χ2v) is 6.02. The molecule has 0 spiro atoms. The summed E-state index contributed by atoms with van der Waals surface area (Å²) in [5.74, 6) is -0.203. The van der Waals surface area contributed by atoms with Gasteiger partial charge in [-0.1, -0.05) is 37.1 Å². The maximum atomic E-state index is 13.6. The lowest BCUT2D eigenvalue weighted by atomic mass is 10.2. The van der Waals surface area contributed by atoms with E-state index in [1.165, 1.54) is 18.3 Å². The normalized spacial score (nSPS) is 10.6. The molecule has 0 saturated heterocycles. The molecule has 5 nitrogen and oxygen atoms in total. The number of hydrogen-bond acceptors (Lipinski definition) is 3. The summed E-state index contributed by atoms with van der Waals surface area (Å²) in [6.45, 7) is 2.02. The van der Waals surface area contributed by atoms with E-state index in [4.69, 9.17) is 16.3 Å². The van der Waals surface area contributed by atoms with Crippen molar-refractivity contribution in [1.82, 2.24) is 9.78 Å². The molecule has 1 heterocycles. The molecule has 1 amide bonds.